The average Bonchev–Trinajstić information content (AvgIpc) is 2.09. The third kappa shape index (κ3) is 6.93. The summed E-state index contributed by atoms with van der Waals surface area (Å²) in [5.74, 6) is 1.90. The van der Waals surface area contributed by atoms with Crippen molar-refractivity contribution in [3.63, 3.8) is 0 Å². The van der Waals surface area contributed by atoms with Gasteiger partial charge in [0.2, 0.25) is 0 Å². The van der Waals surface area contributed by atoms with Gasteiger partial charge in [-0.2, -0.15) is 0 Å². The van der Waals surface area contributed by atoms with E-state index in [4.69, 9.17) is 4.74 Å². The van der Waals surface area contributed by atoms with Crippen LogP contribution in [0, 0.1) is 17.8 Å². The van der Waals surface area contributed by atoms with Crippen molar-refractivity contribution in [3.05, 3.63) is 0 Å². The van der Waals surface area contributed by atoms with E-state index in [0.29, 0.717) is 24.9 Å². The summed E-state index contributed by atoms with van der Waals surface area (Å²) in [6.45, 7) is 10.00. The quantitative estimate of drug-likeness (QED) is 0.562. The van der Waals surface area contributed by atoms with Gasteiger partial charge in [-0.1, -0.05) is 40.5 Å². The van der Waals surface area contributed by atoms with Crippen LogP contribution in [0.25, 0.3) is 0 Å². The van der Waals surface area contributed by atoms with Gasteiger partial charge in [0.25, 0.3) is 6.47 Å². The second kappa shape index (κ2) is 7.84. The lowest BCUT2D eigenvalue weighted by Crippen LogP contribution is -2.15. The molecule has 14 heavy (non-hydrogen) atoms. The van der Waals surface area contributed by atoms with Crippen LogP contribution in [-0.4, -0.2) is 13.1 Å². The molecule has 0 N–H and O–H groups in total. The molecule has 0 amide bonds. The fourth-order valence-corrected chi connectivity index (χ4v) is 1.56. The van der Waals surface area contributed by atoms with E-state index in [-0.39, 0.29) is 0 Å². The number of ether oxygens (including phenoxy) is 1. The number of carbonyl (C=O) groups is 1. The Morgan fingerprint density at radius 2 is 1.79 bits per heavy atom. The van der Waals surface area contributed by atoms with E-state index < -0.39 is 0 Å². The van der Waals surface area contributed by atoms with Crippen LogP contribution in [-0.2, 0) is 9.53 Å². The molecule has 0 spiro atoms. The van der Waals surface area contributed by atoms with Gasteiger partial charge >= 0.3 is 0 Å². The van der Waals surface area contributed by atoms with E-state index in [1.165, 1.54) is 19.3 Å². The van der Waals surface area contributed by atoms with Crippen molar-refractivity contribution in [3.8, 4) is 0 Å². The van der Waals surface area contributed by atoms with Crippen LogP contribution in [0.2, 0.25) is 0 Å². The largest absolute Gasteiger partial charge is 0.468 e. The predicted molar refractivity (Wildman–Crippen MR) is 59.0 cm³/mol. The molecule has 2 heteroatoms. The molecule has 0 saturated heterocycles. The summed E-state index contributed by atoms with van der Waals surface area (Å²) in [6.07, 6.45) is 3.68. The van der Waals surface area contributed by atoms with Gasteiger partial charge in [0.15, 0.2) is 0 Å². The molecule has 0 fully saturated rings. The van der Waals surface area contributed by atoms with Gasteiger partial charge in [0, 0.05) is 0 Å². The third-order valence-electron chi connectivity index (χ3n) is 2.68. The highest BCUT2D eigenvalue weighted by Gasteiger charge is 2.13. The van der Waals surface area contributed by atoms with Crippen molar-refractivity contribution in [1.29, 1.82) is 0 Å². The molecule has 0 heterocycles. The molecule has 2 nitrogen and oxygen atoms in total. The van der Waals surface area contributed by atoms with Crippen LogP contribution in [0.1, 0.15) is 47.0 Å². The highest BCUT2D eigenvalue weighted by Crippen LogP contribution is 2.19. The lowest BCUT2D eigenvalue weighted by molar-refractivity contribution is -0.130. The van der Waals surface area contributed by atoms with E-state index >= 15 is 0 Å². The van der Waals surface area contributed by atoms with Crippen molar-refractivity contribution in [1.82, 2.24) is 0 Å². The molecule has 0 radical (unpaired) electrons. The van der Waals surface area contributed by atoms with Crippen LogP contribution in [0.3, 0.4) is 0 Å². The van der Waals surface area contributed by atoms with Gasteiger partial charge in [-0.15, -0.1) is 0 Å². The molecule has 0 rings (SSSR count). The van der Waals surface area contributed by atoms with Gasteiger partial charge < -0.3 is 4.74 Å². The monoisotopic (exact) mass is 200 g/mol. The van der Waals surface area contributed by atoms with Crippen molar-refractivity contribution in [2.45, 2.75) is 47.0 Å². The zero-order valence-corrected chi connectivity index (χ0v) is 9.95. The maximum atomic E-state index is 10.1. The smallest absolute Gasteiger partial charge is 0.293 e. The Hall–Kier alpha value is -0.530. The maximum Gasteiger partial charge on any atom is 0.293 e. The SMILES string of the molecule is CC(C)CCCC(COC=O)C(C)C. The van der Waals surface area contributed by atoms with Crippen LogP contribution < -0.4 is 0 Å². The van der Waals surface area contributed by atoms with Crippen molar-refractivity contribution < 1.29 is 9.53 Å². The fraction of sp³-hybridized carbons (Fsp3) is 0.917. The Balaban J connectivity index is 3.67. The number of rotatable bonds is 8. The fourth-order valence-electron chi connectivity index (χ4n) is 1.56. The first kappa shape index (κ1) is 13.5. The minimum atomic E-state index is 0.527. The Labute approximate surface area is 88.0 Å². The molecule has 0 aromatic rings. The van der Waals surface area contributed by atoms with Gasteiger partial charge in [0.1, 0.15) is 0 Å². The topological polar surface area (TPSA) is 26.3 Å². The first-order valence-corrected chi connectivity index (χ1v) is 5.63. The summed E-state index contributed by atoms with van der Waals surface area (Å²) < 4.78 is 4.83. The molecule has 0 bridgehead atoms. The minimum absolute atomic E-state index is 0.527. The first-order valence-electron chi connectivity index (χ1n) is 5.63. The summed E-state index contributed by atoms with van der Waals surface area (Å²) in [6, 6.07) is 0. The van der Waals surface area contributed by atoms with E-state index in [1.54, 1.807) is 0 Å². The van der Waals surface area contributed by atoms with Crippen molar-refractivity contribution in [2.24, 2.45) is 17.8 Å². The predicted octanol–water partition coefficient (Wildman–Crippen LogP) is 3.26. The zero-order valence-electron chi connectivity index (χ0n) is 9.95. The van der Waals surface area contributed by atoms with Crippen molar-refractivity contribution >= 4 is 6.47 Å². The Morgan fingerprint density at radius 3 is 2.21 bits per heavy atom. The number of hydrogen-bond donors (Lipinski definition) is 0. The third-order valence-corrected chi connectivity index (χ3v) is 2.68. The molecule has 84 valence electrons. The van der Waals surface area contributed by atoms with Crippen LogP contribution in [0.15, 0.2) is 0 Å². The van der Waals surface area contributed by atoms with Gasteiger partial charge in [-0.05, 0) is 24.2 Å². The standard InChI is InChI=1S/C12H24O2/c1-10(2)6-5-7-12(11(3)4)8-14-9-13/h9-12H,5-8H2,1-4H3. The average molecular weight is 200 g/mol. The second-order valence-electron chi connectivity index (χ2n) is 4.76. The van der Waals surface area contributed by atoms with Crippen molar-refractivity contribution in [2.75, 3.05) is 6.61 Å². The van der Waals surface area contributed by atoms with Gasteiger partial charge in [0.05, 0.1) is 6.61 Å². The van der Waals surface area contributed by atoms with Crippen LogP contribution in [0.5, 0.6) is 0 Å². The summed E-state index contributed by atoms with van der Waals surface area (Å²) in [7, 11) is 0. The molecule has 1 atom stereocenters. The zero-order chi connectivity index (χ0) is 11.0. The second-order valence-corrected chi connectivity index (χ2v) is 4.76. The van der Waals surface area contributed by atoms with E-state index in [1.807, 2.05) is 0 Å². The Morgan fingerprint density at radius 1 is 1.14 bits per heavy atom. The van der Waals surface area contributed by atoms with Gasteiger partial charge in [-0.3, -0.25) is 4.79 Å². The van der Waals surface area contributed by atoms with Gasteiger partial charge in [-0.25, -0.2) is 0 Å². The lowest BCUT2D eigenvalue weighted by Gasteiger charge is -2.19. The Bertz CT molecular complexity index is 141. The normalized spacial score (nSPS) is 13.3. The molecule has 1 unspecified atom stereocenters. The molecule has 0 aromatic carbocycles. The van der Waals surface area contributed by atoms with E-state index in [2.05, 4.69) is 27.7 Å². The van der Waals surface area contributed by atoms with E-state index in [9.17, 15) is 4.79 Å². The molecule has 0 aliphatic heterocycles. The maximum absolute atomic E-state index is 10.1. The lowest BCUT2D eigenvalue weighted by atomic mass is 9.90. The highest BCUT2D eigenvalue weighted by atomic mass is 16.5. The summed E-state index contributed by atoms with van der Waals surface area (Å²) in [4.78, 5) is 10.1. The molecular formula is C12H24O2. The number of hydrogen-bond acceptors (Lipinski definition) is 2. The van der Waals surface area contributed by atoms with Crippen LogP contribution in [0.4, 0.5) is 0 Å². The molecule has 0 aliphatic rings. The van der Waals surface area contributed by atoms with Crippen LogP contribution >= 0.6 is 0 Å². The molecule has 0 saturated carbocycles. The summed E-state index contributed by atoms with van der Waals surface area (Å²) in [5.41, 5.74) is 0. The van der Waals surface area contributed by atoms with E-state index in [0.717, 1.165) is 5.92 Å². The molecule has 0 aliphatic carbocycles. The number of carbonyl (C=O) groups excluding carboxylic acids is 1. The highest BCUT2D eigenvalue weighted by molar-refractivity contribution is 5.36. The molecular weight excluding hydrogens is 176 g/mol. The minimum Gasteiger partial charge on any atom is -0.468 e. The molecule has 0 aromatic heterocycles. The summed E-state index contributed by atoms with van der Waals surface area (Å²) >= 11 is 0. The first-order chi connectivity index (χ1) is 6.57. The summed E-state index contributed by atoms with van der Waals surface area (Å²) in [5, 5.41) is 0. The Kier molecular flexibility index (Phi) is 7.54.